The average molecular weight is 491 g/mol. The van der Waals surface area contributed by atoms with Gasteiger partial charge in [0, 0.05) is 23.5 Å². The molecule has 0 saturated heterocycles. The third-order valence-electron chi connectivity index (χ3n) is 6.82. The van der Waals surface area contributed by atoms with Gasteiger partial charge in [0.25, 0.3) is 5.91 Å². The molecule has 178 valence electrons. The number of hydrogen-bond donors (Lipinski definition) is 2. The van der Waals surface area contributed by atoms with Crippen LogP contribution in [-0.4, -0.2) is 35.0 Å². The van der Waals surface area contributed by atoms with E-state index in [9.17, 15) is 21.6 Å². The largest absolute Gasteiger partial charge is 0.322 e. The molecular weight excluding hydrogens is 460 g/mol. The molecule has 0 aliphatic heterocycles. The Bertz CT molecular complexity index is 1240. The van der Waals surface area contributed by atoms with Gasteiger partial charge in [0.1, 0.15) is 0 Å². The van der Waals surface area contributed by atoms with E-state index in [2.05, 4.69) is 10.0 Å². The topological polar surface area (TPSA) is 109 Å². The Kier molecular flexibility index (Phi) is 6.66. The van der Waals surface area contributed by atoms with E-state index in [-0.39, 0.29) is 16.7 Å². The monoisotopic (exact) mass is 490 g/mol. The number of benzene rings is 2. The van der Waals surface area contributed by atoms with Gasteiger partial charge in [-0.15, -0.1) is 0 Å². The quantitative estimate of drug-likeness (QED) is 0.588. The summed E-state index contributed by atoms with van der Waals surface area (Å²) < 4.78 is 51.6. The zero-order chi connectivity index (χ0) is 23.8. The average Bonchev–Trinajstić information content (AvgIpc) is 3.36. The second-order valence-corrected chi connectivity index (χ2v) is 13.4. The van der Waals surface area contributed by atoms with Gasteiger partial charge in [-0.3, -0.25) is 4.79 Å². The molecule has 2 fully saturated rings. The van der Waals surface area contributed by atoms with Crippen LogP contribution in [0.4, 0.5) is 5.69 Å². The van der Waals surface area contributed by atoms with Crippen LogP contribution in [-0.2, 0) is 25.6 Å². The highest BCUT2D eigenvalue weighted by molar-refractivity contribution is 7.90. The molecule has 1 amide bonds. The van der Waals surface area contributed by atoms with Crippen molar-refractivity contribution in [2.45, 2.75) is 49.3 Å². The number of sulfone groups is 1. The molecule has 2 saturated carbocycles. The number of carbonyl (C=O) groups is 1. The molecule has 0 spiro atoms. The van der Waals surface area contributed by atoms with Crippen molar-refractivity contribution in [3.8, 4) is 0 Å². The molecule has 4 rings (SSSR count). The van der Waals surface area contributed by atoms with Crippen LogP contribution >= 0.6 is 0 Å². The number of amides is 1. The molecule has 2 aliphatic rings. The highest BCUT2D eigenvalue weighted by atomic mass is 32.2. The fourth-order valence-corrected chi connectivity index (χ4v) is 7.41. The molecule has 0 aromatic heterocycles. The van der Waals surface area contributed by atoms with Gasteiger partial charge in [-0.25, -0.2) is 21.6 Å². The Labute approximate surface area is 196 Å². The van der Waals surface area contributed by atoms with Gasteiger partial charge in [-0.05, 0) is 85.9 Å². The normalized spacial score (nSPS) is 23.4. The lowest BCUT2D eigenvalue weighted by atomic mass is 9.84. The van der Waals surface area contributed by atoms with Crippen LogP contribution in [0.25, 0.3) is 0 Å². The lowest BCUT2D eigenvalue weighted by Gasteiger charge is -2.28. The van der Waals surface area contributed by atoms with Crippen LogP contribution in [0.15, 0.2) is 53.4 Å². The number of sulfonamides is 1. The molecule has 33 heavy (non-hydrogen) atoms. The Hall–Kier alpha value is -2.23. The zero-order valence-corrected chi connectivity index (χ0v) is 20.5. The summed E-state index contributed by atoms with van der Waals surface area (Å²) in [5.41, 5.74) is 1.31. The number of hydrogen-bond acceptors (Lipinski definition) is 5. The second-order valence-electron chi connectivity index (χ2n) is 9.50. The zero-order valence-electron chi connectivity index (χ0n) is 18.8. The van der Waals surface area contributed by atoms with Gasteiger partial charge in [0.15, 0.2) is 9.84 Å². The third-order valence-corrected chi connectivity index (χ3v) is 9.25. The molecule has 4 unspecified atom stereocenters. The number of nitrogens with one attached hydrogen (secondary N) is 2. The van der Waals surface area contributed by atoms with Crippen LogP contribution in [0.3, 0.4) is 0 Å². The molecule has 7 nitrogen and oxygen atoms in total. The predicted octanol–water partition coefficient (Wildman–Crippen LogP) is 3.59. The van der Waals surface area contributed by atoms with Crippen molar-refractivity contribution >= 4 is 31.5 Å². The summed E-state index contributed by atoms with van der Waals surface area (Å²) >= 11 is 0. The highest BCUT2D eigenvalue weighted by Gasteiger charge is 2.42. The van der Waals surface area contributed by atoms with Crippen LogP contribution in [0, 0.1) is 17.8 Å². The molecule has 9 heteroatoms. The van der Waals surface area contributed by atoms with Gasteiger partial charge in [0.2, 0.25) is 10.0 Å². The van der Waals surface area contributed by atoms with Gasteiger partial charge in [0.05, 0.1) is 10.6 Å². The van der Waals surface area contributed by atoms with E-state index in [1.807, 2.05) is 6.92 Å². The summed E-state index contributed by atoms with van der Waals surface area (Å²) in [4.78, 5) is 12.7. The van der Waals surface area contributed by atoms with Crippen LogP contribution in [0.5, 0.6) is 0 Å². The van der Waals surface area contributed by atoms with Crippen molar-refractivity contribution in [3.63, 3.8) is 0 Å². The van der Waals surface area contributed by atoms with Gasteiger partial charge >= 0.3 is 0 Å². The van der Waals surface area contributed by atoms with Gasteiger partial charge in [-0.2, -0.15) is 0 Å². The minimum Gasteiger partial charge on any atom is -0.322 e. The minimum absolute atomic E-state index is 0.108. The van der Waals surface area contributed by atoms with E-state index in [1.165, 1.54) is 37.5 Å². The van der Waals surface area contributed by atoms with Crippen molar-refractivity contribution in [1.29, 1.82) is 0 Å². The van der Waals surface area contributed by atoms with E-state index < -0.39 is 25.8 Å². The number of anilines is 1. The molecule has 2 aromatic carbocycles. The molecular formula is C24H30N2O5S2. The summed E-state index contributed by atoms with van der Waals surface area (Å²) in [7, 11) is -6.86. The first kappa shape index (κ1) is 23.9. The first-order valence-electron chi connectivity index (χ1n) is 11.2. The van der Waals surface area contributed by atoms with Crippen LogP contribution < -0.4 is 10.0 Å². The fraction of sp³-hybridized carbons (Fsp3) is 0.458. The van der Waals surface area contributed by atoms with E-state index in [4.69, 9.17) is 0 Å². The number of fused-ring (bicyclic) bond motifs is 2. The van der Waals surface area contributed by atoms with Crippen LogP contribution in [0.1, 0.15) is 48.5 Å². The second kappa shape index (κ2) is 9.19. The summed E-state index contributed by atoms with van der Waals surface area (Å²) in [5, 5.41) is 2.73. The van der Waals surface area contributed by atoms with Crippen molar-refractivity contribution < 1.29 is 21.6 Å². The third kappa shape index (κ3) is 5.83. The van der Waals surface area contributed by atoms with Crippen LogP contribution in [0.2, 0.25) is 0 Å². The van der Waals surface area contributed by atoms with Crippen molar-refractivity contribution in [2.24, 2.45) is 17.8 Å². The lowest BCUT2D eigenvalue weighted by Crippen LogP contribution is -2.40. The van der Waals surface area contributed by atoms with Crippen molar-refractivity contribution in [3.05, 3.63) is 59.7 Å². The van der Waals surface area contributed by atoms with E-state index in [1.54, 1.807) is 30.3 Å². The summed E-state index contributed by atoms with van der Waals surface area (Å²) in [6, 6.07) is 12.4. The van der Waals surface area contributed by atoms with Gasteiger partial charge < -0.3 is 5.32 Å². The molecule has 0 radical (unpaired) electrons. The highest BCUT2D eigenvalue weighted by Crippen LogP contribution is 2.49. The van der Waals surface area contributed by atoms with Gasteiger partial charge in [-0.1, -0.05) is 18.6 Å². The summed E-state index contributed by atoms with van der Waals surface area (Å²) in [5.74, 6) is 1.23. The molecule has 0 heterocycles. The standard InChI is InChI=1S/C24H30N2O5S2/c1-16(23-14-17-6-7-19(23)12-17)26-33(30,31)22-10-8-21(9-11-22)25-24(27)20-5-3-4-18(13-20)15-32(2,28)29/h3-5,8-11,13,16-17,19,23,26H,6-7,12,14-15H2,1-2H3,(H,25,27). The Morgan fingerprint density at radius 1 is 1.03 bits per heavy atom. The Balaban J connectivity index is 1.39. The number of carbonyl (C=O) groups excluding carboxylic acids is 1. The van der Waals surface area contributed by atoms with E-state index in [0.717, 1.165) is 18.6 Å². The smallest absolute Gasteiger partial charge is 0.255 e. The lowest BCUT2D eigenvalue weighted by molar-refractivity contribution is 0.102. The molecule has 4 atom stereocenters. The first-order chi connectivity index (χ1) is 15.5. The molecule has 2 aromatic rings. The van der Waals surface area contributed by atoms with Crippen molar-refractivity contribution in [2.75, 3.05) is 11.6 Å². The fourth-order valence-electron chi connectivity index (χ4n) is 5.33. The minimum atomic E-state index is -3.65. The predicted molar refractivity (Wildman–Crippen MR) is 128 cm³/mol. The molecule has 2 bridgehead atoms. The summed E-state index contributed by atoms with van der Waals surface area (Å²) in [6.07, 6.45) is 5.94. The SMILES string of the molecule is CC(NS(=O)(=O)c1ccc(NC(=O)c2cccc(CS(C)(=O)=O)c2)cc1)C1CC2CCC1C2. The maximum Gasteiger partial charge on any atom is 0.255 e. The van der Waals surface area contributed by atoms with E-state index in [0.29, 0.717) is 28.7 Å². The Morgan fingerprint density at radius 2 is 1.76 bits per heavy atom. The number of rotatable bonds is 8. The first-order valence-corrected chi connectivity index (χ1v) is 14.7. The van der Waals surface area contributed by atoms with E-state index >= 15 is 0 Å². The Morgan fingerprint density at radius 3 is 2.36 bits per heavy atom. The molecule has 2 N–H and O–H groups in total. The molecule has 2 aliphatic carbocycles. The maximum absolute atomic E-state index is 12.9. The maximum atomic E-state index is 12.9. The summed E-state index contributed by atoms with van der Waals surface area (Å²) in [6.45, 7) is 1.95. The van der Waals surface area contributed by atoms with Crippen molar-refractivity contribution in [1.82, 2.24) is 4.72 Å².